The van der Waals surface area contributed by atoms with Gasteiger partial charge in [-0.1, -0.05) is 34.1 Å². The highest BCUT2D eigenvalue weighted by Crippen LogP contribution is 2.22. The Morgan fingerprint density at radius 1 is 1.27 bits per heavy atom. The molecule has 0 aliphatic carbocycles. The van der Waals surface area contributed by atoms with E-state index in [-0.39, 0.29) is 11.6 Å². The van der Waals surface area contributed by atoms with Gasteiger partial charge in [0.05, 0.1) is 4.92 Å². The van der Waals surface area contributed by atoms with Crippen molar-refractivity contribution >= 4 is 33.2 Å². The number of halogens is 1. The van der Waals surface area contributed by atoms with Gasteiger partial charge in [0.15, 0.2) is 0 Å². The third-order valence-corrected chi connectivity index (χ3v) is 3.71. The summed E-state index contributed by atoms with van der Waals surface area (Å²) in [5.41, 5.74) is 2.07. The number of hydrogen-bond acceptors (Lipinski definition) is 3. The standard InChI is InChI=1S/C16H15BrN2O3/c1-11-5-7-14(10-15(11)19(21)22)18-16(20)8-6-12-3-2-4-13(17)9-12/h2-5,7,9-10H,6,8H2,1H3,(H,18,20). The summed E-state index contributed by atoms with van der Waals surface area (Å²) in [6.07, 6.45) is 0.928. The van der Waals surface area contributed by atoms with Gasteiger partial charge in [-0.05, 0) is 37.1 Å². The molecular weight excluding hydrogens is 348 g/mol. The fourth-order valence-corrected chi connectivity index (χ4v) is 2.50. The minimum Gasteiger partial charge on any atom is -0.326 e. The zero-order valence-electron chi connectivity index (χ0n) is 12.0. The van der Waals surface area contributed by atoms with Crippen molar-refractivity contribution in [2.45, 2.75) is 19.8 Å². The normalized spacial score (nSPS) is 10.3. The SMILES string of the molecule is Cc1ccc(NC(=O)CCc2cccc(Br)c2)cc1[N+](=O)[O-]. The number of carbonyl (C=O) groups excluding carboxylic acids is 1. The summed E-state index contributed by atoms with van der Waals surface area (Å²) in [7, 11) is 0. The Hall–Kier alpha value is -2.21. The van der Waals surface area contributed by atoms with Gasteiger partial charge in [0.25, 0.3) is 5.69 Å². The Balaban J connectivity index is 1.97. The van der Waals surface area contributed by atoms with E-state index in [9.17, 15) is 14.9 Å². The number of anilines is 1. The molecule has 0 bridgehead atoms. The molecule has 0 atom stereocenters. The first-order valence-electron chi connectivity index (χ1n) is 6.75. The third kappa shape index (κ3) is 4.39. The number of carbonyl (C=O) groups is 1. The van der Waals surface area contributed by atoms with E-state index in [2.05, 4.69) is 21.2 Å². The zero-order chi connectivity index (χ0) is 16.1. The van der Waals surface area contributed by atoms with E-state index in [1.165, 1.54) is 6.07 Å². The van der Waals surface area contributed by atoms with Gasteiger partial charge in [-0.2, -0.15) is 0 Å². The van der Waals surface area contributed by atoms with Gasteiger partial charge in [-0.3, -0.25) is 14.9 Å². The smallest absolute Gasteiger partial charge is 0.274 e. The number of amides is 1. The maximum atomic E-state index is 11.9. The zero-order valence-corrected chi connectivity index (χ0v) is 13.6. The van der Waals surface area contributed by atoms with Crippen LogP contribution >= 0.6 is 15.9 Å². The molecule has 2 aromatic carbocycles. The Bertz CT molecular complexity index is 716. The molecule has 0 saturated heterocycles. The largest absolute Gasteiger partial charge is 0.326 e. The molecule has 0 aliphatic heterocycles. The monoisotopic (exact) mass is 362 g/mol. The number of nitrogens with zero attached hydrogens (tertiary/aromatic N) is 1. The molecule has 0 saturated carbocycles. The Morgan fingerprint density at radius 3 is 2.73 bits per heavy atom. The highest BCUT2D eigenvalue weighted by Gasteiger charge is 2.12. The first-order valence-corrected chi connectivity index (χ1v) is 7.54. The fourth-order valence-electron chi connectivity index (χ4n) is 2.06. The summed E-state index contributed by atoms with van der Waals surface area (Å²) >= 11 is 3.39. The van der Waals surface area contributed by atoms with Crippen LogP contribution in [-0.2, 0) is 11.2 Å². The number of benzene rings is 2. The Labute approximate surface area is 136 Å². The lowest BCUT2D eigenvalue weighted by molar-refractivity contribution is -0.385. The molecule has 1 amide bonds. The molecular formula is C16H15BrN2O3. The lowest BCUT2D eigenvalue weighted by Crippen LogP contribution is -2.12. The van der Waals surface area contributed by atoms with Gasteiger partial charge in [-0.25, -0.2) is 0 Å². The first-order chi connectivity index (χ1) is 10.5. The fraction of sp³-hybridized carbons (Fsp3) is 0.188. The van der Waals surface area contributed by atoms with Crippen molar-refractivity contribution in [1.82, 2.24) is 0 Å². The Kier molecular flexibility index (Phi) is 5.27. The second-order valence-electron chi connectivity index (χ2n) is 4.94. The Morgan fingerprint density at radius 2 is 2.05 bits per heavy atom. The lowest BCUT2D eigenvalue weighted by Gasteiger charge is -2.06. The van der Waals surface area contributed by atoms with Crippen LogP contribution in [0.25, 0.3) is 0 Å². The number of aryl methyl sites for hydroxylation is 2. The topological polar surface area (TPSA) is 72.2 Å². The van der Waals surface area contributed by atoms with Crippen LogP contribution in [-0.4, -0.2) is 10.8 Å². The first kappa shape index (κ1) is 16.2. The van der Waals surface area contributed by atoms with Crippen LogP contribution in [0.2, 0.25) is 0 Å². The lowest BCUT2D eigenvalue weighted by atomic mass is 10.1. The van der Waals surface area contributed by atoms with Gasteiger partial charge < -0.3 is 5.32 Å². The summed E-state index contributed by atoms with van der Waals surface area (Å²) in [6.45, 7) is 1.66. The van der Waals surface area contributed by atoms with Crippen molar-refractivity contribution in [3.8, 4) is 0 Å². The molecule has 2 rings (SSSR count). The molecule has 22 heavy (non-hydrogen) atoms. The average Bonchev–Trinajstić information content (AvgIpc) is 2.47. The molecule has 0 radical (unpaired) electrons. The van der Waals surface area contributed by atoms with Crippen molar-refractivity contribution in [3.63, 3.8) is 0 Å². The van der Waals surface area contributed by atoms with Crippen LogP contribution in [0.5, 0.6) is 0 Å². The second kappa shape index (κ2) is 7.17. The van der Waals surface area contributed by atoms with E-state index in [4.69, 9.17) is 0 Å². The number of nitrogens with one attached hydrogen (secondary N) is 1. The number of rotatable bonds is 5. The van der Waals surface area contributed by atoms with E-state index < -0.39 is 4.92 Å². The van der Waals surface area contributed by atoms with Gasteiger partial charge >= 0.3 is 0 Å². The van der Waals surface area contributed by atoms with E-state index in [1.807, 2.05) is 24.3 Å². The van der Waals surface area contributed by atoms with Crippen molar-refractivity contribution < 1.29 is 9.72 Å². The minimum absolute atomic E-state index is 0.00444. The maximum Gasteiger partial charge on any atom is 0.274 e. The molecule has 0 aromatic heterocycles. The van der Waals surface area contributed by atoms with Crippen molar-refractivity contribution in [1.29, 1.82) is 0 Å². The van der Waals surface area contributed by atoms with Gasteiger partial charge in [0.2, 0.25) is 5.91 Å². The molecule has 0 aliphatic rings. The summed E-state index contributed by atoms with van der Waals surface area (Å²) in [5, 5.41) is 13.6. The quantitative estimate of drug-likeness (QED) is 0.638. The van der Waals surface area contributed by atoms with Crippen LogP contribution in [0.1, 0.15) is 17.5 Å². The molecule has 5 nitrogen and oxygen atoms in total. The molecule has 1 N–H and O–H groups in total. The van der Waals surface area contributed by atoms with E-state index in [1.54, 1.807) is 19.1 Å². The summed E-state index contributed by atoms with van der Waals surface area (Å²) < 4.78 is 0.972. The molecule has 0 unspecified atom stereocenters. The van der Waals surface area contributed by atoms with Crippen LogP contribution in [0.4, 0.5) is 11.4 Å². The number of hydrogen-bond donors (Lipinski definition) is 1. The van der Waals surface area contributed by atoms with Crippen LogP contribution in [0.15, 0.2) is 46.9 Å². The predicted molar refractivity (Wildman–Crippen MR) is 88.9 cm³/mol. The highest BCUT2D eigenvalue weighted by molar-refractivity contribution is 9.10. The third-order valence-electron chi connectivity index (χ3n) is 3.22. The molecule has 0 fully saturated rings. The predicted octanol–water partition coefficient (Wildman–Crippen LogP) is 4.24. The van der Waals surface area contributed by atoms with Crippen molar-refractivity contribution in [2.24, 2.45) is 0 Å². The van der Waals surface area contributed by atoms with Crippen molar-refractivity contribution in [3.05, 3.63) is 68.2 Å². The van der Waals surface area contributed by atoms with E-state index in [0.29, 0.717) is 24.1 Å². The highest BCUT2D eigenvalue weighted by atomic mass is 79.9. The summed E-state index contributed by atoms with van der Waals surface area (Å²) in [4.78, 5) is 22.4. The molecule has 6 heteroatoms. The van der Waals surface area contributed by atoms with E-state index >= 15 is 0 Å². The second-order valence-corrected chi connectivity index (χ2v) is 5.85. The molecule has 0 heterocycles. The van der Waals surface area contributed by atoms with Gasteiger partial charge in [0.1, 0.15) is 0 Å². The van der Waals surface area contributed by atoms with E-state index in [0.717, 1.165) is 10.0 Å². The summed E-state index contributed by atoms with van der Waals surface area (Å²) in [5.74, 6) is -0.168. The molecule has 114 valence electrons. The van der Waals surface area contributed by atoms with Gasteiger partial charge in [-0.15, -0.1) is 0 Å². The summed E-state index contributed by atoms with van der Waals surface area (Å²) in [6, 6.07) is 12.4. The van der Waals surface area contributed by atoms with Crippen LogP contribution in [0.3, 0.4) is 0 Å². The van der Waals surface area contributed by atoms with Crippen LogP contribution in [0, 0.1) is 17.0 Å². The average molecular weight is 363 g/mol. The maximum absolute atomic E-state index is 11.9. The molecule has 2 aromatic rings. The van der Waals surface area contributed by atoms with Crippen LogP contribution < -0.4 is 5.32 Å². The van der Waals surface area contributed by atoms with Gasteiger partial charge in [0, 0.05) is 28.2 Å². The number of nitro groups is 1. The molecule has 0 spiro atoms. The number of nitro benzene ring substituents is 1. The van der Waals surface area contributed by atoms with Crippen molar-refractivity contribution in [2.75, 3.05) is 5.32 Å². The minimum atomic E-state index is -0.452.